The van der Waals surface area contributed by atoms with Crippen molar-refractivity contribution in [1.82, 2.24) is 5.32 Å². The Morgan fingerprint density at radius 3 is 2.71 bits per heavy atom. The highest BCUT2D eigenvalue weighted by Gasteiger charge is 2.14. The number of hydrogen-bond donors (Lipinski definition) is 1. The average molecular weight is 274 g/mol. The summed E-state index contributed by atoms with van der Waals surface area (Å²) in [5, 5.41) is 3.43. The van der Waals surface area contributed by atoms with Crippen LogP contribution in [0.15, 0.2) is 22.0 Å². The SMILES string of the molecule is C=C(C)C(NCC)c1cc(C)c(Br)s1. The third-order valence-electron chi connectivity index (χ3n) is 2.06. The zero-order valence-corrected chi connectivity index (χ0v) is 11.3. The largest absolute Gasteiger partial charge is 0.306 e. The van der Waals surface area contributed by atoms with Gasteiger partial charge in [-0.3, -0.25) is 0 Å². The second kappa shape index (κ2) is 5.10. The molecule has 0 fully saturated rings. The van der Waals surface area contributed by atoms with E-state index in [1.807, 2.05) is 0 Å². The Bertz CT molecular complexity index is 311. The van der Waals surface area contributed by atoms with Crippen LogP contribution in [0.2, 0.25) is 0 Å². The molecule has 1 aromatic rings. The van der Waals surface area contributed by atoms with Gasteiger partial charge in [0.1, 0.15) is 0 Å². The van der Waals surface area contributed by atoms with Crippen molar-refractivity contribution in [2.24, 2.45) is 0 Å². The lowest BCUT2D eigenvalue weighted by molar-refractivity contribution is 0.630. The number of halogens is 1. The van der Waals surface area contributed by atoms with Crippen LogP contribution in [0, 0.1) is 6.92 Å². The predicted octanol–water partition coefficient (Wildman–Crippen LogP) is 4.05. The van der Waals surface area contributed by atoms with Crippen LogP contribution in [0.4, 0.5) is 0 Å². The van der Waals surface area contributed by atoms with E-state index >= 15 is 0 Å². The first-order chi connectivity index (χ1) is 6.56. The fourth-order valence-electron chi connectivity index (χ4n) is 1.35. The second-order valence-electron chi connectivity index (χ2n) is 3.44. The number of nitrogens with one attached hydrogen (secondary N) is 1. The fraction of sp³-hybridized carbons (Fsp3) is 0.455. The van der Waals surface area contributed by atoms with Crippen LogP contribution in [0.3, 0.4) is 0 Å². The minimum atomic E-state index is 0.301. The van der Waals surface area contributed by atoms with E-state index in [2.05, 4.69) is 54.7 Å². The van der Waals surface area contributed by atoms with Gasteiger partial charge in [0.25, 0.3) is 0 Å². The van der Waals surface area contributed by atoms with Crippen LogP contribution in [0.1, 0.15) is 30.3 Å². The van der Waals surface area contributed by atoms with Crippen molar-refractivity contribution in [1.29, 1.82) is 0 Å². The zero-order valence-electron chi connectivity index (χ0n) is 8.86. The number of rotatable bonds is 4. The molecule has 0 amide bonds. The molecule has 0 radical (unpaired) electrons. The molecule has 1 nitrogen and oxygen atoms in total. The highest BCUT2D eigenvalue weighted by molar-refractivity contribution is 9.11. The molecule has 0 aliphatic carbocycles. The van der Waals surface area contributed by atoms with Gasteiger partial charge in [-0.2, -0.15) is 0 Å². The van der Waals surface area contributed by atoms with Crippen LogP contribution < -0.4 is 5.32 Å². The van der Waals surface area contributed by atoms with Crippen molar-refractivity contribution < 1.29 is 0 Å². The first kappa shape index (κ1) is 12.0. The Labute approximate surface area is 98.4 Å². The molecule has 1 heterocycles. The maximum atomic E-state index is 4.02. The van der Waals surface area contributed by atoms with Crippen molar-refractivity contribution in [3.05, 3.63) is 32.4 Å². The van der Waals surface area contributed by atoms with Crippen molar-refractivity contribution in [3.63, 3.8) is 0 Å². The fourth-order valence-corrected chi connectivity index (χ4v) is 3.09. The van der Waals surface area contributed by atoms with E-state index in [4.69, 9.17) is 0 Å². The molecule has 14 heavy (non-hydrogen) atoms. The lowest BCUT2D eigenvalue weighted by atomic mass is 10.1. The number of hydrogen-bond acceptors (Lipinski definition) is 2. The summed E-state index contributed by atoms with van der Waals surface area (Å²) in [4.78, 5) is 1.34. The molecule has 1 atom stereocenters. The van der Waals surface area contributed by atoms with Crippen LogP contribution >= 0.6 is 27.3 Å². The van der Waals surface area contributed by atoms with Gasteiger partial charge in [-0.15, -0.1) is 11.3 Å². The molecule has 1 N–H and O–H groups in total. The van der Waals surface area contributed by atoms with E-state index in [0.29, 0.717) is 6.04 Å². The normalized spacial score (nSPS) is 12.9. The number of thiophene rings is 1. The van der Waals surface area contributed by atoms with E-state index in [-0.39, 0.29) is 0 Å². The van der Waals surface area contributed by atoms with Gasteiger partial charge < -0.3 is 5.32 Å². The van der Waals surface area contributed by atoms with Gasteiger partial charge in [0.2, 0.25) is 0 Å². The van der Waals surface area contributed by atoms with Crippen LogP contribution in [-0.2, 0) is 0 Å². The highest BCUT2D eigenvalue weighted by atomic mass is 79.9. The van der Waals surface area contributed by atoms with E-state index in [0.717, 1.165) is 6.54 Å². The Balaban J connectivity index is 2.93. The minimum absolute atomic E-state index is 0.301. The lowest BCUT2D eigenvalue weighted by Crippen LogP contribution is -2.20. The molecule has 0 aliphatic heterocycles. The maximum absolute atomic E-state index is 4.02. The Morgan fingerprint density at radius 1 is 1.71 bits per heavy atom. The summed E-state index contributed by atoms with van der Waals surface area (Å²) in [6.07, 6.45) is 0. The molecular formula is C11H16BrNS. The molecule has 0 saturated carbocycles. The number of likely N-dealkylation sites (N-methyl/N-ethyl adjacent to an activating group) is 1. The summed E-state index contributed by atoms with van der Waals surface area (Å²) in [6.45, 7) is 11.3. The molecule has 0 bridgehead atoms. The summed E-state index contributed by atoms with van der Waals surface area (Å²) in [7, 11) is 0. The standard InChI is InChI=1S/C11H16BrNS/c1-5-13-10(7(2)3)9-6-8(4)11(12)14-9/h6,10,13H,2,5H2,1,3-4H3. The molecule has 78 valence electrons. The van der Waals surface area contributed by atoms with Gasteiger partial charge in [-0.05, 0) is 48.0 Å². The molecule has 3 heteroatoms. The van der Waals surface area contributed by atoms with Crippen LogP contribution in [0.5, 0.6) is 0 Å². The van der Waals surface area contributed by atoms with Crippen molar-refractivity contribution in [2.45, 2.75) is 26.8 Å². The maximum Gasteiger partial charge on any atom is 0.0731 e. The average Bonchev–Trinajstić information content (AvgIpc) is 2.42. The molecule has 1 aromatic heterocycles. The van der Waals surface area contributed by atoms with Crippen LogP contribution in [0.25, 0.3) is 0 Å². The summed E-state index contributed by atoms with van der Waals surface area (Å²) >= 11 is 5.33. The van der Waals surface area contributed by atoms with Gasteiger partial charge in [-0.25, -0.2) is 0 Å². The van der Waals surface area contributed by atoms with Gasteiger partial charge in [0.15, 0.2) is 0 Å². The summed E-state index contributed by atoms with van der Waals surface area (Å²) in [5.74, 6) is 0. The quantitative estimate of drug-likeness (QED) is 0.817. The Morgan fingerprint density at radius 2 is 2.36 bits per heavy atom. The van der Waals surface area contributed by atoms with E-state index in [1.54, 1.807) is 11.3 Å². The molecule has 0 aromatic carbocycles. The highest BCUT2D eigenvalue weighted by Crippen LogP contribution is 2.33. The molecule has 0 spiro atoms. The summed E-state index contributed by atoms with van der Waals surface area (Å²) in [5.41, 5.74) is 2.47. The second-order valence-corrected chi connectivity index (χ2v) is 5.84. The summed E-state index contributed by atoms with van der Waals surface area (Å²) < 4.78 is 1.22. The molecule has 1 unspecified atom stereocenters. The van der Waals surface area contributed by atoms with Gasteiger partial charge in [0, 0.05) is 4.88 Å². The molecular weight excluding hydrogens is 258 g/mol. The van der Waals surface area contributed by atoms with Gasteiger partial charge >= 0.3 is 0 Å². The predicted molar refractivity (Wildman–Crippen MR) is 68.0 cm³/mol. The van der Waals surface area contributed by atoms with E-state index in [9.17, 15) is 0 Å². The van der Waals surface area contributed by atoms with Crippen LogP contribution in [-0.4, -0.2) is 6.54 Å². The van der Waals surface area contributed by atoms with Gasteiger partial charge in [-0.1, -0.05) is 19.1 Å². The Hall–Kier alpha value is -0.120. The summed E-state index contributed by atoms with van der Waals surface area (Å²) in [6, 6.07) is 2.52. The monoisotopic (exact) mass is 273 g/mol. The smallest absolute Gasteiger partial charge is 0.0731 e. The zero-order chi connectivity index (χ0) is 10.7. The first-order valence-corrected chi connectivity index (χ1v) is 6.31. The molecule has 0 aliphatic rings. The molecule has 1 rings (SSSR count). The Kier molecular flexibility index (Phi) is 4.35. The van der Waals surface area contributed by atoms with Crippen molar-refractivity contribution in [3.8, 4) is 0 Å². The van der Waals surface area contributed by atoms with E-state index < -0.39 is 0 Å². The van der Waals surface area contributed by atoms with Crippen molar-refractivity contribution in [2.75, 3.05) is 6.54 Å². The minimum Gasteiger partial charge on any atom is -0.306 e. The van der Waals surface area contributed by atoms with Gasteiger partial charge in [0.05, 0.1) is 9.83 Å². The third-order valence-corrected chi connectivity index (χ3v) is 4.26. The van der Waals surface area contributed by atoms with E-state index in [1.165, 1.54) is 19.8 Å². The van der Waals surface area contributed by atoms with Crippen molar-refractivity contribution >= 4 is 27.3 Å². The topological polar surface area (TPSA) is 12.0 Å². The number of aryl methyl sites for hydroxylation is 1. The first-order valence-electron chi connectivity index (χ1n) is 4.70. The molecule has 0 saturated heterocycles. The third kappa shape index (κ3) is 2.69. The lowest BCUT2D eigenvalue weighted by Gasteiger charge is -2.15.